The van der Waals surface area contributed by atoms with Gasteiger partial charge >= 0.3 is 5.97 Å². The normalized spacial score (nSPS) is 17.0. The van der Waals surface area contributed by atoms with Crippen molar-refractivity contribution >= 4 is 16.9 Å². The molecular formula is C26H18O6. The van der Waals surface area contributed by atoms with Crippen molar-refractivity contribution in [2.75, 3.05) is 13.2 Å². The molecule has 3 heterocycles. The molecule has 1 unspecified atom stereocenters. The first-order chi connectivity index (χ1) is 15.7. The number of rotatable bonds is 2. The molecule has 158 valence electrons. The summed E-state index contributed by atoms with van der Waals surface area (Å²) in [5.41, 5.74) is 3.14. The maximum absolute atomic E-state index is 13.3. The molecule has 0 radical (unpaired) electrons. The van der Waals surface area contributed by atoms with E-state index in [9.17, 15) is 9.59 Å². The Hall–Kier alpha value is -4.06. The van der Waals surface area contributed by atoms with E-state index in [2.05, 4.69) is 0 Å². The van der Waals surface area contributed by atoms with E-state index in [4.69, 9.17) is 18.6 Å². The molecule has 0 saturated carbocycles. The molecule has 0 saturated heterocycles. The zero-order chi connectivity index (χ0) is 21.7. The van der Waals surface area contributed by atoms with Gasteiger partial charge in [0, 0.05) is 11.5 Å². The minimum atomic E-state index is -0.337. The van der Waals surface area contributed by atoms with Crippen LogP contribution in [-0.2, 0) is 4.79 Å². The van der Waals surface area contributed by atoms with E-state index in [0.717, 1.165) is 11.1 Å². The van der Waals surface area contributed by atoms with Crippen molar-refractivity contribution in [2.24, 2.45) is 0 Å². The molecule has 2 aliphatic rings. The summed E-state index contributed by atoms with van der Waals surface area (Å²) in [5.74, 6) is 1.05. The summed E-state index contributed by atoms with van der Waals surface area (Å²) in [5, 5.41) is 0.450. The van der Waals surface area contributed by atoms with Gasteiger partial charge in [0.25, 0.3) is 0 Å². The van der Waals surface area contributed by atoms with E-state index < -0.39 is 0 Å². The Bertz CT molecular complexity index is 1420. The van der Waals surface area contributed by atoms with Gasteiger partial charge in [0.1, 0.15) is 30.8 Å². The summed E-state index contributed by atoms with van der Waals surface area (Å²) in [6, 6.07) is 18.4. The quantitative estimate of drug-likeness (QED) is 0.343. The maximum atomic E-state index is 13.3. The molecule has 0 bridgehead atoms. The van der Waals surface area contributed by atoms with E-state index >= 15 is 0 Å². The third-order valence-electron chi connectivity index (χ3n) is 5.94. The molecule has 3 aromatic carbocycles. The SMILES string of the molecule is O=C1CC(c2ccc3c(c2)OCCO3)c2c(ccc3c(=O)c(-c4ccccc4)coc23)O1. The van der Waals surface area contributed by atoms with E-state index in [1.165, 1.54) is 6.26 Å². The summed E-state index contributed by atoms with van der Waals surface area (Å²) >= 11 is 0. The molecule has 0 aliphatic carbocycles. The molecule has 0 fully saturated rings. The van der Waals surface area contributed by atoms with E-state index in [1.54, 1.807) is 12.1 Å². The van der Waals surface area contributed by atoms with Crippen molar-refractivity contribution < 1.29 is 23.4 Å². The van der Waals surface area contributed by atoms with Crippen LogP contribution in [0.15, 0.2) is 76.1 Å². The van der Waals surface area contributed by atoms with Crippen molar-refractivity contribution in [3.63, 3.8) is 0 Å². The van der Waals surface area contributed by atoms with Crippen LogP contribution in [0.2, 0.25) is 0 Å². The fourth-order valence-corrected chi connectivity index (χ4v) is 4.43. The highest BCUT2D eigenvalue weighted by Gasteiger charge is 2.33. The highest BCUT2D eigenvalue weighted by atomic mass is 16.6. The molecule has 6 rings (SSSR count). The Balaban J connectivity index is 1.54. The van der Waals surface area contributed by atoms with Gasteiger partial charge in [-0.1, -0.05) is 36.4 Å². The maximum Gasteiger partial charge on any atom is 0.312 e. The monoisotopic (exact) mass is 426 g/mol. The Kier molecular flexibility index (Phi) is 4.24. The molecule has 1 atom stereocenters. The third kappa shape index (κ3) is 2.95. The Morgan fingerprint density at radius 1 is 0.812 bits per heavy atom. The van der Waals surface area contributed by atoms with Crippen LogP contribution in [-0.4, -0.2) is 19.2 Å². The molecule has 4 aromatic rings. The van der Waals surface area contributed by atoms with Gasteiger partial charge in [0.2, 0.25) is 5.43 Å². The number of esters is 1. The highest BCUT2D eigenvalue weighted by molar-refractivity contribution is 5.90. The zero-order valence-electron chi connectivity index (χ0n) is 17.0. The molecule has 1 aromatic heterocycles. The summed E-state index contributed by atoms with van der Waals surface area (Å²) in [6.07, 6.45) is 1.62. The number of carbonyl (C=O) groups is 1. The molecule has 0 amide bonds. The van der Waals surface area contributed by atoms with Crippen molar-refractivity contribution in [3.05, 3.63) is 88.3 Å². The van der Waals surface area contributed by atoms with Crippen LogP contribution in [0.3, 0.4) is 0 Å². The van der Waals surface area contributed by atoms with Gasteiger partial charge in [0.05, 0.1) is 17.4 Å². The number of benzene rings is 3. The van der Waals surface area contributed by atoms with E-state index in [-0.39, 0.29) is 23.7 Å². The van der Waals surface area contributed by atoms with Crippen LogP contribution in [0.5, 0.6) is 17.2 Å². The van der Waals surface area contributed by atoms with E-state index in [0.29, 0.717) is 52.6 Å². The molecule has 0 N–H and O–H groups in total. The fraction of sp³-hybridized carbons (Fsp3) is 0.154. The number of fused-ring (bicyclic) bond motifs is 4. The van der Waals surface area contributed by atoms with Crippen LogP contribution in [0.25, 0.3) is 22.1 Å². The number of hydrogen-bond donors (Lipinski definition) is 0. The van der Waals surface area contributed by atoms with Gasteiger partial charge in [-0.25, -0.2) is 0 Å². The van der Waals surface area contributed by atoms with Crippen LogP contribution in [0, 0.1) is 0 Å². The van der Waals surface area contributed by atoms with Crippen molar-refractivity contribution in [2.45, 2.75) is 12.3 Å². The highest BCUT2D eigenvalue weighted by Crippen LogP contribution is 2.44. The molecule has 0 spiro atoms. The van der Waals surface area contributed by atoms with Gasteiger partial charge < -0.3 is 18.6 Å². The van der Waals surface area contributed by atoms with Gasteiger partial charge in [0.15, 0.2) is 11.5 Å². The predicted molar refractivity (Wildman–Crippen MR) is 117 cm³/mol. The lowest BCUT2D eigenvalue weighted by atomic mass is 9.85. The average molecular weight is 426 g/mol. The molecular weight excluding hydrogens is 408 g/mol. The second-order valence-electron chi connectivity index (χ2n) is 7.83. The molecule has 32 heavy (non-hydrogen) atoms. The molecule has 6 nitrogen and oxygen atoms in total. The lowest BCUT2D eigenvalue weighted by molar-refractivity contribution is -0.135. The summed E-state index contributed by atoms with van der Waals surface area (Å²) in [7, 11) is 0. The fourth-order valence-electron chi connectivity index (χ4n) is 4.43. The minimum Gasteiger partial charge on any atom is -0.486 e. The summed E-state index contributed by atoms with van der Waals surface area (Å²) < 4.78 is 22.9. The summed E-state index contributed by atoms with van der Waals surface area (Å²) in [4.78, 5) is 25.7. The number of hydrogen-bond acceptors (Lipinski definition) is 6. The van der Waals surface area contributed by atoms with Gasteiger partial charge in [-0.15, -0.1) is 0 Å². The van der Waals surface area contributed by atoms with Crippen molar-refractivity contribution in [3.8, 4) is 28.4 Å². The lowest BCUT2D eigenvalue weighted by Gasteiger charge is -2.27. The number of carbonyl (C=O) groups excluding carboxylic acids is 1. The largest absolute Gasteiger partial charge is 0.486 e. The molecule has 6 heteroatoms. The Morgan fingerprint density at radius 2 is 1.59 bits per heavy atom. The van der Waals surface area contributed by atoms with Crippen LogP contribution < -0.4 is 19.6 Å². The first-order valence-electron chi connectivity index (χ1n) is 10.4. The first kappa shape index (κ1) is 18.7. The zero-order valence-corrected chi connectivity index (χ0v) is 17.0. The Labute approximate surface area is 183 Å². The topological polar surface area (TPSA) is 75.0 Å². The minimum absolute atomic E-state index is 0.127. The standard InChI is InChI=1S/C26H18O6/c27-23-13-18(16-6-8-20-22(12-16)30-11-10-29-20)24-21(32-23)9-7-17-25(28)19(14-31-26(17)24)15-4-2-1-3-5-15/h1-9,12,14,18H,10-11,13H2. The average Bonchev–Trinajstić information content (AvgIpc) is 2.83. The van der Waals surface area contributed by atoms with E-state index in [1.807, 2.05) is 48.5 Å². The number of ether oxygens (including phenoxy) is 3. The van der Waals surface area contributed by atoms with Crippen molar-refractivity contribution in [1.29, 1.82) is 0 Å². The van der Waals surface area contributed by atoms with Crippen molar-refractivity contribution in [1.82, 2.24) is 0 Å². The Morgan fingerprint density at radius 3 is 2.44 bits per heavy atom. The second kappa shape index (κ2) is 7.27. The summed E-state index contributed by atoms with van der Waals surface area (Å²) in [6.45, 7) is 0.976. The van der Waals surface area contributed by atoms with Crippen LogP contribution >= 0.6 is 0 Å². The third-order valence-corrected chi connectivity index (χ3v) is 5.94. The first-order valence-corrected chi connectivity index (χ1v) is 10.4. The molecule has 2 aliphatic heterocycles. The van der Waals surface area contributed by atoms with Crippen LogP contribution in [0.1, 0.15) is 23.5 Å². The second-order valence-corrected chi connectivity index (χ2v) is 7.83. The van der Waals surface area contributed by atoms with Gasteiger partial charge in [-0.3, -0.25) is 9.59 Å². The smallest absolute Gasteiger partial charge is 0.312 e. The van der Waals surface area contributed by atoms with Gasteiger partial charge in [-0.2, -0.15) is 0 Å². The lowest BCUT2D eigenvalue weighted by Crippen LogP contribution is -2.22. The van der Waals surface area contributed by atoms with Gasteiger partial charge in [-0.05, 0) is 35.4 Å². The van der Waals surface area contributed by atoms with Crippen LogP contribution in [0.4, 0.5) is 0 Å². The predicted octanol–water partition coefficient (Wildman–Crippen LogP) is 4.67.